The quantitative estimate of drug-likeness (QED) is 0.757. The maximum absolute atomic E-state index is 4.05. The third kappa shape index (κ3) is 1.57. The van der Waals surface area contributed by atoms with E-state index in [0.29, 0.717) is 0 Å². The minimum atomic E-state index is 0.953. The summed E-state index contributed by atoms with van der Waals surface area (Å²) in [4.78, 5) is 1.37. The van der Waals surface area contributed by atoms with E-state index in [9.17, 15) is 0 Å². The highest BCUT2D eigenvalue weighted by atomic mass is 32.1. The van der Waals surface area contributed by atoms with Crippen molar-refractivity contribution in [1.82, 2.24) is 15.0 Å². The average molecular weight is 207 g/mol. The Balaban J connectivity index is 2.42. The molecule has 2 aromatic rings. The average Bonchev–Trinajstić information content (AvgIpc) is 2.71. The zero-order valence-corrected chi connectivity index (χ0v) is 9.43. The van der Waals surface area contributed by atoms with E-state index in [0.717, 1.165) is 17.1 Å². The molecule has 2 rings (SSSR count). The first-order valence-corrected chi connectivity index (χ1v) is 5.51. The highest BCUT2D eigenvalue weighted by molar-refractivity contribution is 7.14. The molecule has 0 unspecified atom stereocenters. The second-order valence-electron chi connectivity index (χ2n) is 3.32. The largest absolute Gasteiger partial charge is 0.210 e. The molecule has 0 aliphatic rings. The number of hydrogen-bond acceptors (Lipinski definition) is 3. The lowest BCUT2D eigenvalue weighted by atomic mass is 10.2. The molecule has 0 amide bonds. The van der Waals surface area contributed by atoms with E-state index in [1.807, 2.05) is 17.8 Å². The number of rotatable bonds is 2. The van der Waals surface area contributed by atoms with Crippen molar-refractivity contribution in [3.05, 3.63) is 28.4 Å². The molecule has 0 aliphatic carbocycles. The van der Waals surface area contributed by atoms with Crippen LogP contribution in [0.5, 0.6) is 0 Å². The molecule has 0 aromatic carbocycles. The molecule has 3 nitrogen and oxygen atoms in total. The van der Waals surface area contributed by atoms with Crippen LogP contribution in [-0.2, 0) is 6.42 Å². The van der Waals surface area contributed by atoms with Crippen molar-refractivity contribution < 1.29 is 0 Å². The molecule has 74 valence electrons. The van der Waals surface area contributed by atoms with E-state index in [4.69, 9.17) is 0 Å². The highest BCUT2D eigenvalue weighted by Crippen LogP contribution is 2.24. The van der Waals surface area contributed by atoms with Crippen molar-refractivity contribution in [2.45, 2.75) is 27.2 Å². The molecular formula is C10H13N3S. The predicted octanol–water partition coefficient (Wildman–Crippen LogP) is 2.51. The number of nitrogens with zero attached hydrogens (tertiary/aromatic N) is 3. The Kier molecular flexibility index (Phi) is 2.37. The van der Waals surface area contributed by atoms with Crippen molar-refractivity contribution in [3.63, 3.8) is 0 Å². The standard InChI is InChI=1S/C10H13N3S/c1-4-9-5-10(14-8(9)3)13-6-7(2)11-12-13/h5-6H,4H2,1-3H3. The van der Waals surface area contributed by atoms with Gasteiger partial charge in [0.15, 0.2) is 0 Å². The fourth-order valence-corrected chi connectivity index (χ4v) is 2.45. The maximum Gasteiger partial charge on any atom is 0.119 e. The lowest BCUT2D eigenvalue weighted by Crippen LogP contribution is -1.90. The van der Waals surface area contributed by atoms with Gasteiger partial charge in [0.1, 0.15) is 5.00 Å². The minimum absolute atomic E-state index is 0.953. The van der Waals surface area contributed by atoms with Crippen molar-refractivity contribution in [1.29, 1.82) is 0 Å². The van der Waals surface area contributed by atoms with Crippen LogP contribution in [0.15, 0.2) is 12.3 Å². The van der Waals surface area contributed by atoms with Crippen molar-refractivity contribution >= 4 is 11.3 Å². The topological polar surface area (TPSA) is 30.7 Å². The molecule has 0 atom stereocenters. The van der Waals surface area contributed by atoms with Gasteiger partial charge in [-0.05, 0) is 31.9 Å². The van der Waals surface area contributed by atoms with Crippen molar-refractivity contribution in [2.24, 2.45) is 0 Å². The first-order chi connectivity index (χ1) is 6.70. The van der Waals surface area contributed by atoms with Gasteiger partial charge in [0.05, 0.1) is 11.9 Å². The van der Waals surface area contributed by atoms with Gasteiger partial charge in [-0.15, -0.1) is 16.4 Å². The Morgan fingerprint density at radius 2 is 2.21 bits per heavy atom. The first kappa shape index (κ1) is 9.40. The smallest absolute Gasteiger partial charge is 0.119 e. The van der Waals surface area contributed by atoms with Crippen LogP contribution in [0.25, 0.3) is 5.00 Å². The van der Waals surface area contributed by atoms with Gasteiger partial charge in [-0.3, -0.25) is 0 Å². The van der Waals surface area contributed by atoms with E-state index in [1.54, 1.807) is 11.3 Å². The molecule has 0 bridgehead atoms. The van der Waals surface area contributed by atoms with Crippen LogP contribution in [0, 0.1) is 13.8 Å². The van der Waals surface area contributed by atoms with Gasteiger partial charge in [-0.2, -0.15) is 0 Å². The third-order valence-electron chi connectivity index (χ3n) is 2.22. The summed E-state index contributed by atoms with van der Waals surface area (Å²) in [5.74, 6) is 0. The molecule has 0 fully saturated rings. The number of aryl methyl sites for hydroxylation is 3. The maximum atomic E-state index is 4.05. The Morgan fingerprint density at radius 3 is 2.71 bits per heavy atom. The summed E-state index contributed by atoms with van der Waals surface area (Å²) in [6.45, 7) is 6.27. The molecule has 2 aromatic heterocycles. The summed E-state index contributed by atoms with van der Waals surface area (Å²) in [6.07, 6.45) is 3.03. The molecule has 2 heterocycles. The Bertz CT molecular complexity index is 442. The third-order valence-corrected chi connectivity index (χ3v) is 3.30. The molecule has 14 heavy (non-hydrogen) atoms. The van der Waals surface area contributed by atoms with Gasteiger partial charge in [-0.1, -0.05) is 12.1 Å². The predicted molar refractivity (Wildman–Crippen MR) is 58.1 cm³/mol. The summed E-state index contributed by atoms with van der Waals surface area (Å²) in [7, 11) is 0. The molecule has 0 saturated carbocycles. The molecular weight excluding hydrogens is 194 g/mol. The van der Waals surface area contributed by atoms with Crippen LogP contribution in [0.1, 0.15) is 23.1 Å². The zero-order valence-electron chi connectivity index (χ0n) is 8.61. The fourth-order valence-electron chi connectivity index (χ4n) is 1.42. The molecule has 4 heteroatoms. The van der Waals surface area contributed by atoms with Crippen LogP contribution >= 0.6 is 11.3 Å². The van der Waals surface area contributed by atoms with Crippen LogP contribution in [0.4, 0.5) is 0 Å². The zero-order chi connectivity index (χ0) is 10.1. The summed E-state index contributed by atoms with van der Waals surface area (Å²) in [5, 5.41) is 9.18. The first-order valence-electron chi connectivity index (χ1n) is 4.69. The number of aromatic nitrogens is 3. The van der Waals surface area contributed by atoms with Crippen LogP contribution in [0.2, 0.25) is 0 Å². The van der Waals surface area contributed by atoms with Crippen LogP contribution in [-0.4, -0.2) is 15.0 Å². The van der Waals surface area contributed by atoms with Gasteiger partial charge < -0.3 is 0 Å². The minimum Gasteiger partial charge on any atom is -0.210 e. The van der Waals surface area contributed by atoms with Gasteiger partial charge in [0.25, 0.3) is 0 Å². The lowest BCUT2D eigenvalue weighted by molar-refractivity contribution is 0.811. The summed E-state index contributed by atoms with van der Waals surface area (Å²) < 4.78 is 1.84. The molecule has 0 aliphatic heterocycles. The molecule has 0 N–H and O–H groups in total. The van der Waals surface area contributed by atoms with Gasteiger partial charge in [-0.25, -0.2) is 4.68 Å². The Labute approximate surface area is 87.4 Å². The molecule has 0 spiro atoms. The van der Waals surface area contributed by atoms with Crippen LogP contribution < -0.4 is 0 Å². The fraction of sp³-hybridized carbons (Fsp3) is 0.400. The van der Waals surface area contributed by atoms with E-state index >= 15 is 0 Å². The number of thiophene rings is 1. The summed E-state index contributed by atoms with van der Waals surface area (Å²) in [5.41, 5.74) is 2.35. The molecule has 0 saturated heterocycles. The monoisotopic (exact) mass is 207 g/mol. The van der Waals surface area contributed by atoms with Crippen molar-refractivity contribution in [3.8, 4) is 5.00 Å². The van der Waals surface area contributed by atoms with E-state index in [2.05, 4.69) is 30.2 Å². The molecule has 0 radical (unpaired) electrons. The van der Waals surface area contributed by atoms with Crippen LogP contribution in [0.3, 0.4) is 0 Å². The lowest BCUT2D eigenvalue weighted by Gasteiger charge is -1.91. The SMILES string of the molecule is CCc1cc(-n2cc(C)nn2)sc1C. The normalized spacial score (nSPS) is 10.8. The van der Waals surface area contributed by atoms with Gasteiger partial charge >= 0.3 is 0 Å². The van der Waals surface area contributed by atoms with E-state index in [-0.39, 0.29) is 0 Å². The summed E-state index contributed by atoms with van der Waals surface area (Å²) in [6, 6.07) is 2.19. The Hall–Kier alpha value is -1.16. The van der Waals surface area contributed by atoms with Gasteiger partial charge in [0.2, 0.25) is 0 Å². The van der Waals surface area contributed by atoms with E-state index < -0.39 is 0 Å². The highest BCUT2D eigenvalue weighted by Gasteiger charge is 2.06. The number of hydrogen-bond donors (Lipinski definition) is 0. The Morgan fingerprint density at radius 1 is 1.43 bits per heavy atom. The second-order valence-corrected chi connectivity index (χ2v) is 4.56. The van der Waals surface area contributed by atoms with Crippen molar-refractivity contribution in [2.75, 3.05) is 0 Å². The van der Waals surface area contributed by atoms with Gasteiger partial charge in [0, 0.05) is 4.88 Å². The second kappa shape index (κ2) is 3.53. The summed E-state index contributed by atoms with van der Waals surface area (Å²) >= 11 is 1.77. The van der Waals surface area contributed by atoms with E-state index in [1.165, 1.54) is 10.4 Å².